The lowest BCUT2D eigenvalue weighted by atomic mass is 10.1. The van der Waals surface area contributed by atoms with Crippen molar-refractivity contribution in [3.05, 3.63) is 23.9 Å². The molecular weight excluding hydrogens is 226 g/mol. The molecule has 1 aliphatic rings. The van der Waals surface area contributed by atoms with Gasteiger partial charge in [0.15, 0.2) is 0 Å². The molecule has 2 heterocycles. The highest BCUT2D eigenvalue weighted by Crippen LogP contribution is 2.23. The second kappa shape index (κ2) is 6.71. The second-order valence-electron chi connectivity index (χ2n) is 4.84. The Labute approximate surface area is 109 Å². The minimum atomic E-state index is 0.293. The van der Waals surface area contributed by atoms with Crippen LogP contribution in [0.2, 0.25) is 0 Å². The molecule has 1 aromatic rings. The smallest absolute Gasteiger partial charge is 0.212 e. The fraction of sp³-hybridized carbons (Fsp3) is 0.643. The van der Waals surface area contributed by atoms with Crippen LogP contribution in [0.5, 0.6) is 5.88 Å². The average molecular weight is 249 g/mol. The lowest BCUT2D eigenvalue weighted by Crippen LogP contribution is -2.34. The Balaban J connectivity index is 2.10. The molecule has 0 aromatic carbocycles. The number of rotatable bonds is 4. The maximum Gasteiger partial charge on any atom is 0.212 e. The van der Waals surface area contributed by atoms with Crippen LogP contribution in [0.4, 0.5) is 0 Å². The van der Waals surface area contributed by atoms with E-state index < -0.39 is 0 Å². The van der Waals surface area contributed by atoms with Gasteiger partial charge in [0.2, 0.25) is 5.88 Å². The Kier molecular flexibility index (Phi) is 4.96. The van der Waals surface area contributed by atoms with Gasteiger partial charge >= 0.3 is 0 Å². The van der Waals surface area contributed by atoms with E-state index in [0.717, 1.165) is 13.1 Å². The minimum absolute atomic E-state index is 0.293. The zero-order chi connectivity index (χ0) is 12.8. The third-order valence-electron chi connectivity index (χ3n) is 3.66. The standard InChI is InChI=1S/C14H23N3O/c1-18-14-7-6-12(11-16-14)13(10-15)17-8-4-2-3-5-9-17/h6-7,11,13H,2-5,8-10,15H2,1H3. The van der Waals surface area contributed by atoms with Crippen LogP contribution in [0.1, 0.15) is 37.3 Å². The summed E-state index contributed by atoms with van der Waals surface area (Å²) < 4.78 is 5.09. The molecule has 1 unspecified atom stereocenters. The normalized spacial score (nSPS) is 19.2. The Bertz CT molecular complexity index is 345. The largest absolute Gasteiger partial charge is 0.481 e. The lowest BCUT2D eigenvalue weighted by molar-refractivity contribution is 0.209. The SMILES string of the molecule is COc1ccc(C(CN)N2CCCCCC2)cn1. The number of aromatic nitrogens is 1. The quantitative estimate of drug-likeness (QED) is 0.886. The number of pyridine rings is 1. The summed E-state index contributed by atoms with van der Waals surface area (Å²) in [5.41, 5.74) is 7.15. The predicted molar refractivity (Wildman–Crippen MR) is 72.6 cm³/mol. The number of nitrogens with two attached hydrogens (primary N) is 1. The van der Waals surface area contributed by atoms with Gasteiger partial charge in [0.1, 0.15) is 0 Å². The van der Waals surface area contributed by atoms with Gasteiger partial charge in [0, 0.05) is 24.8 Å². The highest BCUT2D eigenvalue weighted by molar-refractivity contribution is 5.21. The van der Waals surface area contributed by atoms with Gasteiger partial charge in [-0.2, -0.15) is 0 Å². The molecule has 1 fully saturated rings. The number of hydrogen-bond donors (Lipinski definition) is 1. The van der Waals surface area contributed by atoms with Gasteiger partial charge in [-0.25, -0.2) is 4.98 Å². The van der Waals surface area contributed by atoms with E-state index in [1.165, 1.54) is 31.2 Å². The van der Waals surface area contributed by atoms with Gasteiger partial charge in [0.25, 0.3) is 0 Å². The summed E-state index contributed by atoms with van der Waals surface area (Å²) >= 11 is 0. The van der Waals surface area contributed by atoms with Crippen LogP contribution in [0.3, 0.4) is 0 Å². The van der Waals surface area contributed by atoms with Crippen molar-refractivity contribution >= 4 is 0 Å². The number of ether oxygens (including phenoxy) is 1. The molecule has 1 aromatic heterocycles. The highest BCUT2D eigenvalue weighted by atomic mass is 16.5. The average Bonchev–Trinajstić information content (AvgIpc) is 2.70. The first-order valence-electron chi connectivity index (χ1n) is 6.79. The van der Waals surface area contributed by atoms with E-state index in [-0.39, 0.29) is 0 Å². The van der Waals surface area contributed by atoms with Crippen molar-refractivity contribution in [2.75, 3.05) is 26.7 Å². The van der Waals surface area contributed by atoms with E-state index in [1.807, 2.05) is 12.3 Å². The Morgan fingerprint density at radius 2 is 2.00 bits per heavy atom. The highest BCUT2D eigenvalue weighted by Gasteiger charge is 2.20. The van der Waals surface area contributed by atoms with E-state index in [4.69, 9.17) is 10.5 Å². The molecule has 2 N–H and O–H groups in total. The summed E-state index contributed by atoms with van der Waals surface area (Å²) in [6.45, 7) is 2.94. The van der Waals surface area contributed by atoms with Crippen molar-refractivity contribution in [1.29, 1.82) is 0 Å². The monoisotopic (exact) mass is 249 g/mol. The summed E-state index contributed by atoms with van der Waals surface area (Å²) in [5.74, 6) is 0.658. The van der Waals surface area contributed by atoms with E-state index in [2.05, 4.69) is 16.0 Å². The molecule has 100 valence electrons. The van der Waals surface area contributed by atoms with Crippen LogP contribution in [0.25, 0.3) is 0 Å². The molecule has 1 atom stereocenters. The van der Waals surface area contributed by atoms with E-state index >= 15 is 0 Å². The number of hydrogen-bond acceptors (Lipinski definition) is 4. The van der Waals surface area contributed by atoms with Crippen molar-refractivity contribution in [1.82, 2.24) is 9.88 Å². The predicted octanol–water partition coefficient (Wildman–Crippen LogP) is 1.97. The Morgan fingerprint density at radius 1 is 1.28 bits per heavy atom. The third-order valence-corrected chi connectivity index (χ3v) is 3.66. The molecule has 0 amide bonds. The molecule has 4 heteroatoms. The van der Waals surface area contributed by atoms with Crippen LogP contribution in [-0.4, -0.2) is 36.6 Å². The van der Waals surface area contributed by atoms with Gasteiger partial charge in [-0.3, -0.25) is 4.90 Å². The van der Waals surface area contributed by atoms with Crippen molar-refractivity contribution in [3.8, 4) is 5.88 Å². The van der Waals surface area contributed by atoms with Crippen LogP contribution in [0.15, 0.2) is 18.3 Å². The Hall–Kier alpha value is -1.13. The van der Waals surface area contributed by atoms with E-state index in [0.29, 0.717) is 18.5 Å². The molecular formula is C14H23N3O. The fourth-order valence-corrected chi connectivity index (χ4v) is 2.61. The van der Waals surface area contributed by atoms with Gasteiger partial charge in [0.05, 0.1) is 7.11 Å². The maximum atomic E-state index is 5.96. The molecule has 1 aliphatic heterocycles. The first-order valence-corrected chi connectivity index (χ1v) is 6.79. The molecule has 0 spiro atoms. The van der Waals surface area contributed by atoms with Crippen LogP contribution < -0.4 is 10.5 Å². The zero-order valence-electron chi connectivity index (χ0n) is 11.1. The summed E-state index contributed by atoms with van der Waals surface area (Å²) in [6.07, 6.45) is 7.13. The fourth-order valence-electron chi connectivity index (χ4n) is 2.61. The maximum absolute atomic E-state index is 5.96. The second-order valence-corrected chi connectivity index (χ2v) is 4.84. The summed E-state index contributed by atoms with van der Waals surface area (Å²) in [4.78, 5) is 6.78. The van der Waals surface area contributed by atoms with Gasteiger partial charge < -0.3 is 10.5 Å². The zero-order valence-corrected chi connectivity index (χ0v) is 11.1. The van der Waals surface area contributed by atoms with Crippen LogP contribution in [0, 0.1) is 0 Å². The van der Waals surface area contributed by atoms with Crippen molar-refractivity contribution in [2.45, 2.75) is 31.7 Å². The summed E-state index contributed by atoms with van der Waals surface area (Å²) in [7, 11) is 1.64. The summed E-state index contributed by atoms with van der Waals surface area (Å²) in [5, 5.41) is 0. The first kappa shape index (κ1) is 13.3. The number of methoxy groups -OCH3 is 1. The number of likely N-dealkylation sites (tertiary alicyclic amines) is 1. The van der Waals surface area contributed by atoms with E-state index in [1.54, 1.807) is 7.11 Å². The van der Waals surface area contributed by atoms with Crippen LogP contribution in [-0.2, 0) is 0 Å². The molecule has 0 radical (unpaired) electrons. The van der Waals surface area contributed by atoms with Gasteiger partial charge in [-0.1, -0.05) is 18.9 Å². The van der Waals surface area contributed by atoms with Gasteiger partial charge in [-0.05, 0) is 31.5 Å². The van der Waals surface area contributed by atoms with Crippen molar-refractivity contribution < 1.29 is 4.74 Å². The molecule has 2 rings (SSSR count). The summed E-state index contributed by atoms with van der Waals surface area (Å²) in [6, 6.07) is 4.28. The molecule has 0 bridgehead atoms. The molecule has 0 aliphatic carbocycles. The van der Waals surface area contributed by atoms with Gasteiger partial charge in [-0.15, -0.1) is 0 Å². The topological polar surface area (TPSA) is 51.4 Å². The molecule has 1 saturated heterocycles. The first-order chi connectivity index (χ1) is 8.85. The number of nitrogens with zero attached hydrogens (tertiary/aromatic N) is 2. The molecule has 0 saturated carbocycles. The molecule has 18 heavy (non-hydrogen) atoms. The lowest BCUT2D eigenvalue weighted by Gasteiger charge is -2.29. The third kappa shape index (κ3) is 3.21. The Morgan fingerprint density at radius 3 is 2.50 bits per heavy atom. The molecule has 4 nitrogen and oxygen atoms in total. The van der Waals surface area contributed by atoms with Crippen molar-refractivity contribution in [3.63, 3.8) is 0 Å². The van der Waals surface area contributed by atoms with E-state index in [9.17, 15) is 0 Å². The van der Waals surface area contributed by atoms with Crippen LogP contribution >= 0.6 is 0 Å². The van der Waals surface area contributed by atoms with Crippen molar-refractivity contribution in [2.24, 2.45) is 5.73 Å². The minimum Gasteiger partial charge on any atom is -0.481 e.